The Morgan fingerprint density at radius 1 is 1.10 bits per heavy atom. The van der Waals surface area contributed by atoms with Gasteiger partial charge in [-0.3, -0.25) is 9.59 Å². The molecule has 3 rings (SSSR count). The van der Waals surface area contributed by atoms with Crippen LogP contribution < -0.4 is 10.2 Å². The Labute approximate surface area is 173 Å². The molecule has 2 amide bonds. The first-order chi connectivity index (χ1) is 14.0. The first kappa shape index (κ1) is 21.1. The van der Waals surface area contributed by atoms with Gasteiger partial charge in [0.15, 0.2) is 0 Å². The standard InChI is InChI=1S/C24H30N2O3/c1-4-29-15-5-13-25-23(27)19-8-6-18(7-9-19)20-10-11-22-21(16-20)12-14-26(22)24(28)17(2)3/h6-11,16-17H,4-5,12-15H2,1-3H3,(H,25,27). The van der Waals surface area contributed by atoms with E-state index in [0.717, 1.165) is 36.2 Å². The summed E-state index contributed by atoms with van der Waals surface area (Å²) >= 11 is 0. The largest absolute Gasteiger partial charge is 0.382 e. The van der Waals surface area contributed by atoms with Crippen LogP contribution in [-0.2, 0) is 16.0 Å². The fourth-order valence-electron chi connectivity index (χ4n) is 3.56. The van der Waals surface area contributed by atoms with Crippen LogP contribution in [0, 0.1) is 5.92 Å². The van der Waals surface area contributed by atoms with Crippen molar-refractivity contribution in [2.24, 2.45) is 5.92 Å². The molecule has 0 bridgehead atoms. The lowest BCUT2D eigenvalue weighted by Gasteiger charge is -2.19. The molecule has 5 nitrogen and oxygen atoms in total. The van der Waals surface area contributed by atoms with Crippen LogP contribution in [0.3, 0.4) is 0 Å². The highest BCUT2D eigenvalue weighted by Gasteiger charge is 2.26. The highest BCUT2D eigenvalue weighted by atomic mass is 16.5. The van der Waals surface area contributed by atoms with E-state index in [1.54, 1.807) is 0 Å². The maximum atomic E-state index is 12.4. The normalized spacial score (nSPS) is 12.9. The summed E-state index contributed by atoms with van der Waals surface area (Å²) in [6.45, 7) is 8.55. The summed E-state index contributed by atoms with van der Waals surface area (Å²) in [5.41, 5.74) is 5.05. The molecule has 5 heteroatoms. The Kier molecular flexibility index (Phi) is 7.04. The fourth-order valence-corrected chi connectivity index (χ4v) is 3.56. The zero-order chi connectivity index (χ0) is 20.8. The Bertz CT molecular complexity index is 859. The summed E-state index contributed by atoms with van der Waals surface area (Å²) in [4.78, 5) is 26.5. The van der Waals surface area contributed by atoms with Crippen LogP contribution in [-0.4, -0.2) is 38.1 Å². The number of nitrogens with one attached hydrogen (secondary N) is 1. The third-order valence-electron chi connectivity index (χ3n) is 5.17. The minimum absolute atomic E-state index is 0.00140. The molecular formula is C24H30N2O3. The van der Waals surface area contributed by atoms with Crippen molar-refractivity contribution in [2.75, 3.05) is 31.2 Å². The predicted octanol–water partition coefficient (Wildman–Crippen LogP) is 4.06. The molecule has 0 radical (unpaired) electrons. The fraction of sp³-hybridized carbons (Fsp3) is 0.417. The summed E-state index contributed by atoms with van der Waals surface area (Å²) < 4.78 is 5.28. The molecule has 2 aromatic rings. The number of rotatable bonds is 8. The van der Waals surface area contributed by atoms with Crippen molar-refractivity contribution in [3.05, 3.63) is 53.6 Å². The Morgan fingerprint density at radius 2 is 1.83 bits per heavy atom. The average Bonchev–Trinajstić information content (AvgIpc) is 3.16. The number of benzene rings is 2. The maximum absolute atomic E-state index is 12.4. The second-order valence-corrected chi connectivity index (χ2v) is 7.62. The van der Waals surface area contributed by atoms with Crippen LogP contribution in [0.15, 0.2) is 42.5 Å². The SMILES string of the molecule is CCOCCCNC(=O)c1ccc(-c2ccc3c(c2)CCN3C(=O)C(C)C)cc1. The quantitative estimate of drug-likeness (QED) is 0.687. The minimum atomic E-state index is -0.0650. The summed E-state index contributed by atoms with van der Waals surface area (Å²) in [5.74, 6) is 0.108. The second-order valence-electron chi connectivity index (χ2n) is 7.62. The van der Waals surface area contributed by atoms with E-state index in [1.807, 2.05) is 62.1 Å². The number of amides is 2. The number of ether oxygens (including phenoxy) is 1. The molecule has 1 heterocycles. The molecule has 0 aromatic heterocycles. The molecular weight excluding hydrogens is 364 g/mol. The predicted molar refractivity (Wildman–Crippen MR) is 116 cm³/mol. The highest BCUT2D eigenvalue weighted by Crippen LogP contribution is 2.33. The van der Waals surface area contributed by atoms with Gasteiger partial charge in [-0.2, -0.15) is 0 Å². The molecule has 0 aliphatic carbocycles. The van der Waals surface area contributed by atoms with Crippen molar-refractivity contribution < 1.29 is 14.3 Å². The lowest BCUT2D eigenvalue weighted by atomic mass is 10.0. The van der Waals surface area contributed by atoms with Crippen LogP contribution in [0.1, 0.15) is 43.1 Å². The van der Waals surface area contributed by atoms with E-state index in [4.69, 9.17) is 4.74 Å². The van der Waals surface area contributed by atoms with Crippen LogP contribution >= 0.6 is 0 Å². The minimum Gasteiger partial charge on any atom is -0.382 e. The first-order valence-corrected chi connectivity index (χ1v) is 10.4. The van der Waals surface area contributed by atoms with E-state index in [9.17, 15) is 9.59 Å². The third-order valence-corrected chi connectivity index (χ3v) is 5.17. The topological polar surface area (TPSA) is 58.6 Å². The van der Waals surface area contributed by atoms with Gasteiger partial charge < -0.3 is 15.0 Å². The number of fused-ring (bicyclic) bond motifs is 1. The molecule has 1 aliphatic rings. The molecule has 154 valence electrons. The maximum Gasteiger partial charge on any atom is 0.251 e. The Balaban J connectivity index is 1.65. The van der Waals surface area contributed by atoms with Gasteiger partial charge >= 0.3 is 0 Å². The van der Waals surface area contributed by atoms with Gasteiger partial charge in [-0.1, -0.05) is 32.0 Å². The summed E-state index contributed by atoms with van der Waals surface area (Å²) in [7, 11) is 0. The number of carbonyl (C=O) groups is 2. The van der Waals surface area contributed by atoms with Crippen LogP contribution in [0.5, 0.6) is 0 Å². The van der Waals surface area contributed by atoms with E-state index in [0.29, 0.717) is 25.3 Å². The Morgan fingerprint density at radius 3 is 2.52 bits per heavy atom. The van der Waals surface area contributed by atoms with Gasteiger partial charge in [-0.25, -0.2) is 0 Å². The highest BCUT2D eigenvalue weighted by molar-refractivity contribution is 5.97. The molecule has 1 aliphatic heterocycles. The van der Waals surface area contributed by atoms with Gasteiger partial charge in [-0.05, 0) is 60.7 Å². The number of hydrogen-bond acceptors (Lipinski definition) is 3. The average molecular weight is 395 g/mol. The van der Waals surface area contributed by atoms with E-state index in [2.05, 4.69) is 11.4 Å². The number of anilines is 1. The van der Waals surface area contributed by atoms with Gasteiger partial charge in [0.25, 0.3) is 5.91 Å². The first-order valence-electron chi connectivity index (χ1n) is 10.4. The molecule has 2 aromatic carbocycles. The van der Waals surface area contributed by atoms with Gasteiger partial charge in [0.2, 0.25) is 5.91 Å². The molecule has 0 saturated carbocycles. The zero-order valence-electron chi connectivity index (χ0n) is 17.5. The van der Waals surface area contributed by atoms with Crippen molar-refractivity contribution in [3.63, 3.8) is 0 Å². The van der Waals surface area contributed by atoms with Crippen LogP contribution in [0.4, 0.5) is 5.69 Å². The van der Waals surface area contributed by atoms with Gasteiger partial charge in [-0.15, -0.1) is 0 Å². The van der Waals surface area contributed by atoms with Crippen molar-refractivity contribution in [3.8, 4) is 11.1 Å². The number of carbonyl (C=O) groups excluding carboxylic acids is 2. The molecule has 1 N–H and O–H groups in total. The molecule has 0 spiro atoms. The molecule has 0 saturated heterocycles. The summed E-state index contributed by atoms with van der Waals surface area (Å²) in [6.07, 6.45) is 1.69. The van der Waals surface area contributed by atoms with E-state index in [1.165, 1.54) is 5.56 Å². The molecule has 0 fully saturated rings. The van der Waals surface area contributed by atoms with Crippen LogP contribution in [0.2, 0.25) is 0 Å². The van der Waals surface area contributed by atoms with Crippen LogP contribution in [0.25, 0.3) is 11.1 Å². The zero-order valence-corrected chi connectivity index (χ0v) is 17.5. The monoisotopic (exact) mass is 394 g/mol. The van der Waals surface area contributed by atoms with Crippen molar-refractivity contribution >= 4 is 17.5 Å². The summed E-state index contributed by atoms with van der Waals surface area (Å²) in [6, 6.07) is 13.9. The molecule has 0 atom stereocenters. The van der Waals surface area contributed by atoms with Crippen molar-refractivity contribution in [2.45, 2.75) is 33.6 Å². The van der Waals surface area contributed by atoms with E-state index in [-0.39, 0.29) is 17.7 Å². The van der Waals surface area contributed by atoms with E-state index < -0.39 is 0 Å². The number of hydrogen-bond donors (Lipinski definition) is 1. The Hall–Kier alpha value is -2.66. The van der Waals surface area contributed by atoms with Gasteiger partial charge in [0.1, 0.15) is 0 Å². The molecule has 29 heavy (non-hydrogen) atoms. The third kappa shape index (κ3) is 5.04. The number of nitrogens with zero attached hydrogens (tertiary/aromatic N) is 1. The lowest BCUT2D eigenvalue weighted by molar-refractivity contribution is -0.121. The lowest BCUT2D eigenvalue weighted by Crippen LogP contribution is -2.32. The van der Waals surface area contributed by atoms with E-state index >= 15 is 0 Å². The second kappa shape index (κ2) is 9.70. The van der Waals surface area contributed by atoms with Crippen molar-refractivity contribution in [1.82, 2.24) is 5.32 Å². The van der Waals surface area contributed by atoms with Crippen molar-refractivity contribution in [1.29, 1.82) is 0 Å². The summed E-state index contributed by atoms with van der Waals surface area (Å²) in [5, 5.41) is 2.92. The molecule has 0 unspecified atom stereocenters. The van der Waals surface area contributed by atoms with Gasteiger partial charge in [0.05, 0.1) is 0 Å². The van der Waals surface area contributed by atoms with Gasteiger partial charge in [0, 0.05) is 43.5 Å². The smallest absolute Gasteiger partial charge is 0.251 e.